The highest BCUT2D eigenvalue weighted by Gasteiger charge is 2.08. The zero-order chi connectivity index (χ0) is 19.0. The fraction of sp³-hybridized carbons (Fsp3) is 0.333. The minimum absolute atomic E-state index is 0.282. The average molecular weight is 340 g/mol. The number of carboxylic acids is 1. The lowest BCUT2D eigenvalue weighted by molar-refractivity contribution is -0.132. The van der Waals surface area contributed by atoms with Gasteiger partial charge in [0.1, 0.15) is 5.82 Å². The molecule has 0 bridgehead atoms. The van der Waals surface area contributed by atoms with Gasteiger partial charge in [-0.3, -0.25) is 0 Å². The summed E-state index contributed by atoms with van der Waals surface area (Å²) in [6.07, 6.45) is 13.5. The Morgan fingerprint density at radius 2 is 1.76 bits per heavy atom. The van der Waals surface area contributed by atoms with Crippen LogP contribution in [0.15, 0.2) is 53.8 Å². The van der Waals surface area contributed by atoms with E-state index in [1.54, 1.807) is 19.2 Å². The van der Waals surface area contributed by atoms with Gasteiger partial charge < -0.3 is 10.1 Å². The number of carboxylic acid groups (broad SMARTS) is 1. The highest BCUT2D eigenvalue weighted by atomic mass is 16.4. The Bertz CT molecular complexity index is 757. The smallest absolute Gasteiger partial charge is 0.331 e. The zero-order valence-electron chi connectivity index (χ0n) is 15.9. The maximum atomic E-state index is 11.0. The molecule has 0 aliphatic rings. The second kappa shape index (κ2) is 9.62. The summed E-state index contributed by atoms with van der Waals surface area (Å²) in [5.74, 6) is 0.294. The minimum Gasteiger partial charge on any atom is -0.478 e. The molecular formula is C21H28N2O2. The van der Waals surface area contributed by atoms with Crippen molar-refractivity contribution >= 4 is 17.1 Å². The van der Waals surface area contributed by atoms with Crippen LogP contribution in [0.25, 0.3) is 11.1 Å². The molecule has 0 amide bonds. The molecule has 1 aromatic rings. The predicted molar refractivity (Wildman–Crippen MR) is 105 cm³/mol. The first-order valence-corrected chi connectivity index (χ1v) is 8.48. The fourth-order valence-corrected chi connectivity index (χ4v) is 2.35. The van der Waals surface area contributed by atoms with Crippen LogP contribution in [-0.2, 0) is 4.79 Å². The van der Waals surface area contributed by atoms with Gasteiger partial charge in [0.15, 0.2) is 0 Å². The summed E-state index contributed by atoms with van der Waals surface area (Å²) < 4.78 is 0. The number of H-pyrrole nitrogens is 1. The van der Waals surface area contributed by atoms with Gasteiger partial charge >= 0.3 is 5.97 Å². The van der Waals surface area contributed by atoms with Gasteiger partial charge in [0, 0.05) is 11.1 Å². The molecule has 0 spiro atoms. The highest BCUT2D eigenvalue weighted by Crippen LogP contribution is 2.21. The van der Waals surface area contributed by atoms with E-state index in [9.17, 15) is 4.79 Å². The number of aromatic amines is 1. The number of carbonyl (C=O) groups is 1. The number of imidazole rings is 1. The van der Waals surface area contributed by atoms with Crippen LogP contribution in [0, 0.1) is 5.92 Å². The standard InChI is InChI=1S/C21H28N2O2/c1-7-16(14(4)5)10-11-17(8-2)20-22-13-19(23-20)18(9-3)12-15(6)21(24)25/h7-14H,1-6H3,(H,22,23)(H,24,25)/b11-10-,15-12+,16-7+,17-8+,18-9+. The van der Waals surface area contributed by atoms with Crippen molar-refractivity contribution in [1.29, 1.82) is 0 Å². The second-order valence-corrected chi connectivity index (χ2v) is 6.04. The molecule has 0 unspecified atom stereocenters. The monoisotopic (exact) mass is 340 g/mol. The van der Waals surface area contributed by atoms with Crippen LogP contribution in [0.5, 0.6) is 0 Å². The average Bonchev–Trinajstić information content (AvgIpc) is 3.05. The Labute approximate surface area is 150 Å². The van der Waals surface area contributed by atoms with Crippen molar-refractivity contribution in [3.63, 3.8) is 0 Å². The number of hydrogen-bond donors (Lipinski definition) is 2. The molecule has 0 radical (unpaired) electrons. The Morgan fingerprint density at radius 1 is 1.12 bits per heavy atom. The Balaban J connectivity index is 3.12. The second-order valence-electron chi connectivity index (χ2n) is 6.04. The molecule has 0 aliphatic carbocycles. The van der Waals surface area contributed by atoms with E-state index < -0.39 is 5.97 Å². The molecule has 4 nitrogen and oxygen atoms in total. The number of allylic oxidation sites excluding steroid dienone is 9. The molecule has 4 heteroatoms. The lowest BCUT2D eigenvalue weighted by Gasteiger charge is -2.05. The maximum absolute atomic E-state index is 11.0. The van der Waals surface area contributed by atoms with E-state index in [4.69, 9.17) is 5.11 Å². The number of nitrogens with zero attached hydrogens (tertiary/aromatic N) is 1. The van der Waals surface area contributed by atoms with Crippen LogP contribution in [0.2, 0.25) is 0 Å². The molecule has 1 aromatic heterocycles. The van der Waals surface area contributed by atoms with Crippen LogP contribution in [-0.4, -0.2) is 21.0 Å². The third kappa shape index (κ3) is 5.75. The maximum Gasteiger partial charge on any atom is 0.331 e. The molecule has 25 heavy (non-hydrogen) atoms. The summed E-state index contributed by atoms with van der Waals surface area (Å²) in [5, 5.41) is 9.05. The summed E-state index contributed by atoms with van der Waals surface area (Å²) in [4.78, 5) is 18.7. The van der Waals surface area contributed by atoms with Gasteiger partial charge in [-0.2, -0.15) is 0 Å². The Hall–Kier alpha value is -2.62. The predicted octanol–water partition coefficient (Wildman–Crippen LogP) is 5.41. The van der Waals surface area contributed by atoms with Crippen LogP contribution < -0.4 is 0 Å². The van der Waals surface area contributed by atoms with Crippen molar-refractivity contribution in [2.45, 2.75) is 41.5 Å². The normalized spacial score (nSPS) is 14.7. The van der Waals surface area contributed by atoms with Gasteiger partial charge in [0.05, 0.1) is 11.9 Å². The van der Waals surface area contributed by atoms with Crippen LogP contribution in [0.3, 0.4) is 0 Å². The van der Waals surface area contributed by atoms with E-state index in [0.717, 1.165) is 22.7 Å². The van der Waals surface area contributed by atoms with Gasteiger partial charge in [0.2, 0.25) is 0 Å². The van der Waals surface area contributed by atoms with Gasteiger partial charge in [-0.15, -0.1) is 0 Å². The number of rotatable bonds is 7. The molecule has 0 aromatic carbocycles. The highest BCUT2D eigenvalue weighted by molar-refractivity contribution is 5.90. The van der Waals surface area contributed by atoms with Crippen molar-refractivity contribution in [3.05, 3.63) is 65.3 Å². The van der Waals surface area contributed by atoms with Gasteiger partial charge in [0.25, 0.3) is 0 Å². The quantitative estimate of drug-likeness (QED) is 0.515. The topological polar surface area (TPSA) is 66.0 Å². The number of aromatic nitrogens is 2. The lowest BCUT2D eigenvalue weighted by Crippen LogP contribution is -1.96. The molecule has 0 atom stereocenters. The Kier molecular flexibility index (Phi) is 7.86. The van der Waals surface area contributed by atoms with E-state index in [-0.39, 0.29) is 5.57 Å². The van der Waals surface area contributed by atoms with Crippen molar-refractivity contribution in [2.75, 3.05) is 0 Å². The SMILES string of the molecule is C\C=C(/C=C\C(=C/C)c1ncc(C(/C=C(\C)C(=O)O)=C/C)[nH]1)C(C)C. The number of hydrogen-bond acceptors (Lipinski definition) is 2. The zero-order valence-corrected chi connectivity index (χ0v) is 15.9. The van der Waals surface area contributed by atoms with Crippen LogP contribution >= 0.6 is 0 Å². The largest absolute Gasteiger partial charge is 0.478 e. The lowest BCUT2D eigenvalue weighted by atomic mass is 10.0. The third-order valence-electron chi connectivity index (χ3n) is 3.95. The summed E-state index contributed by atoms with van der Waals surface area (Å²) in [5.41, 5.74) is 4.13. The Morgan fingerprint density at radius 3 is 2.24 bits per heavy atom. The van der Waals surface area contributed by atoms with E-state index >= 15 is 0 Å². The molecule has 0 saturated heterocycles. The third-order valence-corrected chi connectivity index (χ3v) is 3.95. The van der Waals surface area contributed by atoms with Crippen molar-refractivity contribution in [2.24, 2.45) is 5.92 Å². The molecule has 1 heterocycles. The van der Waals surface area contributed by atoms with Crippen LogP contribution in [0.4, 0.5) is 0 Å². The first-order valence-electron chi connectivity index (χ1n) is 8.48. The first kappa shape index (κ1) is 20.4. The fourth-order valence-electron chi connectivity index (χ4n) is 2.35. The van der Waals surface area contributed by atoms with Gasteiger partial charge in [-0.05, 0) is 50.8 Å². The molecule has 0 aliphatic heterocycles. The summed E-state index contributed by atoms with van der Waals surface area (Å²) >= 11 is 0. The van der Waals surface area contributed by atoms with E-state index in [1.807, 2.05) is 39.0 Å². The van der Waals surface area contributed by atoms with Crippen molar-refractivity contribution < 1.29 is 9.90 Å². The number of aliphatic carboxylic acids is 1. The first-order chi connectivity index (χ1) is 11.8. The molecule has 134 valence electrons. The van der Waals surface area contributed by atoms with E-state index in [0.29, 0.717) is 5.92 Å². The molecule has 0 fully saturated rings. The molecule has 1 rings (SSSR count). The molecule has 0 saturated carbocycles. The number of nitrogens with one attached hydrogen (secondary N) is 1. The minimum atomic E-state index is -0.927. The summed E-state index contributed by atoms with van der Waals surface area (Å²) in [6.45, 7) is 11.8. The van der Waals surface area contributed by atoms with Gasteiger partial charge in [-0.1, -0.05) is 44.2 Å². The van der Waals surface area contributed by atoms with E-state index in [1.165, 1.54) is 5.57 Å². The molecular weight excluding hydrogens is 312 g/mol. The van der Waals surface area contributed by atoms with Crippen molar-refractivity contribution in [3.8, 4) is 0 Å². The van der Waals surface area contributed by atoms with E-state index in [2.05, 4.69) is 36.0 Å². The van der Waals surface area contributed by atoms with Crippen molar-refractivity contribution in [1.82, 2.24) is 9.97 Å². The summed E-state index contributed by atoms with van der Waals surface area (Å²) in [6, 6.07) is 0. The molecule has 2 N–H and O–H groups in total. The summed E-state index contributed by atoms with van der Waals surface area (Å²) in [7, 11) is 0. The van der Waals surface area contributed by atoms with Crippen LogP contribution in [0.1, 0.15) is 53.1 Å². The van der Waals surface area contributed by atoms with Gasteiger partial charge in [-0.25, -0.2) is 9.78 Å².